The van der Waals surface area contributed by atoms with E-state index in [-0.39, 0.29) is 5.97 Å². The zero-order valence-electron chi connectivity index (χ0n) is 13.3. The van der Waals surface area contributed by atoms with E-state index < -0.39 is 0 Å². The molecule has 1 aromatic heterocycles. The minimum Gasteiger partial charge on any atom is -0.423 e. The fraction of sp³-hybridized carbons (Fsp3) is 0.0476. The van der Waals surface area contributed by atoms with Gasteiger partial charge < -0.3 is 4.74 Å². The summed E-state index contributed by atoms with van der Waals surface area (Å²) in [6.07, 6.45) is 5.66. The molecule has 0 bridgehead atoms. The molecule has 0 N–H and O–H groups in total. The molecular formula is C21H17NO2. The van der Waals surface area contributed by atoms with E-state index in [0.29, 0.717) is 11.3 Å². The van der Waals surface area contributed by atoms with Crippen LogP contribution in [0.3, 0.4) is 0 Å². The van der Waals surface area contributed by atoms with Crippen LogP contribution in [-0.2, 0) is 0 Å². The van der Waals surface area contributed by atoms with Crippen LogP contribution in [0.2, 0.25) is 0 Å². The van der Waals surface area contributed by atoms with Gasteiger partial charge in [-0.1, -0.05) is 42.5 Å². The highest BCUT2D eigenvalue weighted by atomic mass is 16.5. The third-order valence-electron chi connectivity index (χ3n) is 3.59. The Hall–Kier alpha value is -3.20. The average Bonchev–Trinajstić information content (AvgIpc) is 2.62. The van der Waals surface area contributed by atoms with E-state index in [4.69, 9.17) is 4.74 Å². The number of esters is 1. The van der Waals surface area contributed by atoms with Crippen LogP contribution in [0.5, 0.6) is 5.75 Å². The van der Waals surface area contributed by atoms with Crippen LogP contribution in [0.1, 0.15) is 27.2 Å². The third kappa shape index (κ3) is 3.96. The van der Waals surface area contributed by atoms with Gasteiger partial charge in [0.25, 0.3) is 0 Å². The van der Waals surface area contributed by atoms with E-state index in [1.807, 2.05) is 67.6 Å². The molecule has 3 nitrogen and oxygen atoms in total. The molecule has 0 atom stereocenters. The van der Waals surface area contributed by atoms with Crippen molar-refractivity contribution < 1.29 is 9.53 Å². The monoisotopic (exact) mass is 315 g/mol. The number of rotatable bonds is 4. The maximum absolute atomic E-state index is 12.2. The number of aromatic nitrogens is 1. The number of hydrogen-bond donors (Lipinski definition) is 0. The lowest BCUT2D eigenvalue weighted by atomic mass is 10.1. The minimum absolute atomic E-state index is 0.343. The van der Waals surface area contributed by atoms with Crippen molar-refractivity contribution in [1.82, 2.24) is 4.98 Å². The molecule has 0 unspecified atom stereocenters. The summed E-state index contributed by atoms with van der Waals surface area (Å²) in [5.74, 6) is 0.183. The van der Waals surface area contributed by atoms with Crippen LogP contribution in [0.25, 0.3) is 12.2 Å². The van der Waals surface area contributed by atoms with Crippen LogP contribution in [0.4, 0.5) is 0 Å². The molecular weight excluding hydrogens is 298 g/mol. The SMILES string of the molecule is Cc1ccccc1C(=O)Oc1ccc(/C=C/c2ccccn2)cc1. The molecule has 0 spiro atoms. The Labute approximate surface area is 141 Å². The molecule has 0 aliphatic carbocycles. The summed E-state index contributed by atoms with van der Waals surface area (Å²) >= 11 is 0. The molecule has 0 fully saturated rings. The van der Waals surface area contributed by atoms with Crippen molar-refractivity contribution in [2.75, 3.05) is 0 Å². The zero-order chi connectivity index (χ0) is 16.8. The van der Waals surface area contributed by atoms with Crippen LogP contribution >= 0.6 is 0 Å². The quantitative estimate of drug-likeness (QED) is 0.514. The average molecular weight is 315 g/mol. The molecule has 0 amide bonds. The van der Waals surface area contributed by atoms with Gasteiger partial charge in [-0.05, 0) is 54.5 Å². The van der Waals surface area contributed by atoms with E-state index in [1.165, 1.54) is 0 Å². The fourth-order valence-corrected chi connectivity index (χ4v) is 2.27. The number of carbonyl (C=O) groups is 1. The molecule has 0 saturated heterocycles. The van der Waals surface area contributed by atoms with Gasteiger partial charge in [-0.2, -0.15) is 0 Å². The topological polar surface area (TPSA) is 39.2 Å². The van der Waals surface area contributed by atoms with Crippen molar-refractivity contribution in [2.24, 2.45) is 0 Å². The first kappa shape index (κ1) is 15.7. The minimum atomic E-state index is -0.343. The maximum Gasteiger partial charge on any atom is 0.343 e. The standard InChI is InChI=1S/C21H17NO2/c1-16-6-2-3-8-20(16)21(23)24-19-13-10-17(11-14-19)9-12-18-7-4-5-15-22-18/h2-15H,1H3/b12-9+. The molecule has 0 radical (unpaired) electrons. The Bertz CT molecular complexity index is 853. The maximum atomic E-state index is 12.2. The normalized spacial score (nSPS) is 10.7. The molecule has 24 heavy (non-hydrogen) atoms. The molecule has 0 aliphatic rings. The van der Waals surface area contributed by atoms with Gasteiger partial charge in [0.05, 0.1) is 11.3 Å². The Balaban J connectivity index is 1.68. The van der Waals surface area contributed by atoms with Gasteiger partial charge in [-0.25, -0.2) is 4.79 Å². The second kappa shape index (κ2) is 7.38. The lowest BCUT2D eigenvalue weighted by molar-refractivity contribution is 0.0734. The Morgan fingerprint density at radius 2 is 1.67 bits per heavy atom. The first-order valence-electron chi connectivity index (χ1n) is 7.69. The van der Waals surface area contributed by atoms with Crippen molar-refractivity contribution in [3.05, 3.63) is 95.3 Å². The second-order valence-electron chi connectivity index (χ2n) is 5.36. The van der Waals surface area contributed by atoms with Gasteiger partial charge >= 0.3 is 5.97 Å². The number of ether oxygens (including phenoxy) is 1. The lowest BCUT2D eigenvalue weighted by Gasteiger charge is -2.06. The fourth-order valence-electron chi connectivity index (χ4n) is 2.27. The Morgan fingerprint density at radius 1 is 0.917 bits per heavy atom. The molecule has 1 heterocycles. The Kier molecular flexibility index (Phi) is 4.82. The molecule has 2 aromatic carbocycles. The number of benzene rings is 2. The predicted molar refractivity (Wildman–Crippen MR) is 95.7 cm³/mol. The Morgan fingerprint density at radius 3 is 2.38 bits per heavy atom. The summed E-state index contributed by atoms with van der Waals surface area (Å²) in [7, 11) is 0. The molecule has 3 rings (SSSR count). The van der Waals surface area contributed by atoms with Crippen LogP contribution < -0.4 is 4.74 Å². The van der Waals surface area contributed by atoms with Crippen molar-refractivity contribution in [1.29, 1.82) is 0 Å². The van der Waals surface area contributed by atoms with Gasteiger partial charge in [-0.3, -0.25) is 4.98 Å². The van der Waals surface area contributed by atoms with Crippen LogP contribution in [-0.4, -0.2) is 11.0 Å². The van der Waals surface area contributed by atoms with E-state index in [9.17, 15) is 4.79 Å². The summed E-state index contributed by atoms with van der Waals surface area (Å²) < 4.78 is 5.42. The second-order valence-corrected chi connectivity index (χ2v) is 5.36. The van der Waals surface area contributed by atoms with Crippen molar-refractivity contribution in [3.63, 3.8) is 0 Å². The van der Waals surface area contributed by atoms with Gasteiger partial charge in [0.15, 0.2) is 0 Å². The first-order chi connectivity index (χ1) is 11.7. The van der Waals surface area contributed by atoms with E-state index in [1.54, 1.807) is 24.4 Å². The van der Waals surface area contributed by atoms with Crippen LogP contribution in [0.15, 0.2) is 72.9 Å². The zero-order valence-corrected chi connectivity index (χ0v) is 13.3. The molecule has 3 aromatic rings. The lowest BCUT2D eigenvalue weighted by Crippen LogP contribution is -2.09. The summed E-state index contributed by atoms with van der Waals surface area (Å²) in [4.78, 5) is 16.4. The molecule has 3 heteroatoms. The third-order valence-corrected chi connectivity index (χ3v) is 3.59. The predicted octanol–water partition coefficient (Wildman–Crippen LogP) is 4.78. The smallest absolute Gasteiger partial charge is 0.343 e. The van der Waals surface area contributed by atoms with Crippen molar-refractivity contribution in [3.8, 4) is 5.75 Å². The van der Waals surface area contributed by atoms with Crippen molar-refractivity contribution >= 4 is 18.1 Å². The van der Waals surface area contributed by atoms with Gasteiger partial charge in [0.1, 0.15) is 5.75 Å². The summed E-state index contributed by atoms with van der Waals surface area (Å²) in [5.41, 5.74) is 3.39. The van der Waals surface area contributed by atoms with Crippen LogP contribution in [0, 0.1) is 6.92 Å². The molecule has 118 valence electrons. The summed E-state index contributed by atoms with van der Waals surface area (Å²) in [6.45, 7) is 1.89. The number of hydrogen-bond acceptors (Lipinski definition) is 3. The largest absolute Gasteiger partial charge is 0.423 e. The van der Waals surface area contributed by atoms with E-state index >= 15 is 0 Å². The number of carbonyl (C=O) groups excluding carboxylic acids is 1. The summed E-state index contributed by atoms with van der Waals surface area (Å²) in [6, 6.07) is 20.5. The van der Waals surface area contributed by atoms with E-state index in [0.717, 1.165) is 16.8 Å². The van der Waals surface area contributed by atoms with Gasteiger partial charge in [-0.15, -0.1) is 0 Å². The molecule has 0 saturated carbocycles. The summed E-state index contributed by atoms with van der Waals surface area (Å²) in [5, 5.41) is 0. The first-order valence-corrected chi connectivity index (χ1v) is 7.69. The number of aryl methyl sites for hydroxylation is 1. The highest BCUT2D eigenvalue weighted by Gasteiger charge is 2.10. The van der Waals surface area contributed by atoms with E-state index in [2.05, 4.69) is 4.98 Å². The molecule has 0 aliphatic heterocycles. The van der Waals surface area contributed by atoms with Gasteiger partial charge in [0.2, 0.25) is 0 Å². The number of nitrogens with zero attached hydrogens (tertiary/aromatic N) is 1. The van der Waals surface area contributed by atoms with Crippen molar-refractivity contribution in [2.45, 2.75) is 6.92 Å². The highest BCUT2D eigenvalue weighted by molar-refractivity contribution is 5.92. The van der Waals surface area contributed by atoms with Gasteiger partial charge in [0, 0.05) is 6.20 Å². The number of pyridine rings is 1. The highest BCUT2D eigenvalue weighted by Crippen LogP contribution is 2.17.